The molecule has 17 heavy (non-hydrogen) atoms. The number of aliphatic hydroxyl groups excluding tert-OH is 1. The van der Waals surface area contributed by atoms with Crippen LogP contribution in [0, 0.1) is 0 Å². The van der Waals surface area contributed by atoms with Crippen molar-refractivity contribution < 1.29 is 29.7 Å². The molecular weight excluding hydrogens is 232 g/mol. The van der Waals surface area contributed by atoms with Gasteiger partial charge in [-0.3, -0.25) is 9.59 Å². The summed E-state index contributed by atoms with van der Waals surface area (Å²) in [5, 5.41) is 31.2. The molecule has 1 fully saturated rings. The summed E-state index contributed by atoms with van der Waals surface area (Å²) in [4.78, 5) is 32.6. The number of carbonyl (C=O) groups excluding carboxylic acids is 1. The lowest BCUT2D eigenvalue weighted by molar-refractivity contribution is -0.147. The largest absolute Gasteiger partial charge is 0.481 e. The minimum atomic E-state index is -1.46. The maximum Gasteiger partial charge on any atom is 0.326 e. The van der Waals surface area contributed by atoms with E-state index in [1.54, 1.807) is 0 Å². The van der Waals surface area contributed by atoms with Crippen molar-refractivity contribution in [3.05, 3.63) is 0 Å². The van der Waals surface area contributed by atoms with E-state index < -0.39 is 42.5 Å². The van der Waals surface area contributed by atoms with Crippen LogP contribution >= 0.6 is 0 Å². The van der Waals surface area contributed by atoms with Crippen LogP contribution in [0.1, 0.15) is 12.8 Å². The van der Waals surface area contributed by atoms with Crippen LogP contribution in [-0.4, -0.2) is 57.9 Å². The molecule has 8 heteroatoms. The van der Waals surface area contributed by atoms with Crippen LogP contribution in [0.5, 0.6) is 0 Å². The number of β-amino-alcohol motifs (C(OH)–C–C–N with tert-alkyl or cyclic N) is 1. The number of aliphatic carboxylic acids is 2. The van der Waals surface area contributed by atoms with Gasteiger partial charge in [-0.1, -0.05) is 0 Å². The number of hydrogen-bond acceptors (Lipinski definition) is 5. The lowest BCUT2D eigenvalue weighted by Crippen LogP contribution is -2.49. The van der Waals surface area contributed by atoms with E-state index in [0.717, 1.165) is 0 Å². The Bertz CT molecular complexity index is 331. The van der Waals surface area contributed by atoms with Crippen molar-refractivity contribution in [2.75, 3.05) is 6.54 Å². The molecule has 1 rings (SSSR count). The number of carboxylic acid groups (broad SMARTS) is 2. The molecular formula is C9H14N2O6. The molecule has 0 spiro atoms. The quantitative estimate of drug-likeness (QED) is 0.369. The second-order valence-electron chi connectivity index (χ2n) is 3.85. The first-order valence-corrected chi connectivity index (χ1v) is 5.06. The summed E-state index contributed by atoms with van der Waals surface area (Å²) in [6.07, 6.45) is -1.14. The van der Waals surface area contributed by atoms with Crippen LogP contribution in [0.15, 0.2) is 0 Å². The highest BCUT2D eigenvalue weighted by Gasteiger charge is 2.31. The molecule has 0 aliphatic carbocycles. The van der Waals surface area contributed by atoms with Gasteiger partial charge in [-0.05, 0) is 6.42 Å². The van der Waals surface area contributed by atoms with E-state index in [1.165, 1.54) is 0 Å². The number of hydrogen-bond donors (Lipinski definition) is 5. The van der Waals surface area contributed by atoms with Gasteiger partial charge < -0.3 is 26.0 Å². The summed E-state index contributed by atoms with van der Waals surface area (Å²) in [5.74, 6) is -3.33. The number of rotatable bonds is 5. The smallest absolute Gasteiger partial charge is 0.326 e. The lowest BCUT2D eigenvalue weighted by Gasteiger charge is -2.15. The van der Waals surface area contributed by atoms with Gasteiger partial charge in [0.05, 0.1) is 18.6 Å². The summed E-state index contributed by atoms with van der Waals surface area (Å²) >= 11 is 0. The zero-order valence-corrected chi connectivity index (χ0v) is 8.92. The maximum atomic E-state index is 11.5. The second kappa shape index (κ2) is 5.60. The average Bonchev–Trinajstić information content (AvgIpc) is 2.63. The van der Waals surface area contributed by atoms with Crippen molar-refractivity contribution in [2.45, 2.75) is 31.0 Å². The Kier molecular flexibility index (Phi) is 4.41. The fourth-order valence-corrected chi connectivity index (χ4v) is 1.56. The van der Waals surface area contributed by atoms with E-state index >= 15 is 0 Å². The highest BCUT2D eigenvalue weighted by molar-refractivity contribution is 5.89. The molecule has 0 aromatic heterocycles. The highest BCUT2D eigenvalue weighted by atomic mass is 16.4. The number of nitrogens with one attached hydrogen (secondary N) is 2. The monoisotopic (exact) mass is 246 g/mol. The first-order chi connectivity index (χ1) is 7.90. The van der Waals surface area contributed by atoms with Gasteiger partial charge in [-0.25, -0.2) is 4.79 Å². The highest BCUT2D eigenvalue weighted by Crippen LogP contribution is 2.07. The molecule has 3 unspecified atom stereocenters. The van der Waals surface area contributed by atoms with Gasteiger partial charge in [0.1, 0.15) is 6.04 Å². The van der Waals surface area contributed by atoms with Crippen molar-refractivity contribution in [1.82, 2.24) is 10.6 Å². The summed E-state index contributed by atoms with van der Waals surface area (Å²) in [6, 6.07) is -2.14. The summed E-state index contributed by atoms with van der Waals surface area (Å²) in [6.45, 7) is 0.259. The summed E-state index contributed by atoms with van der Waals surface area (Å²) in [7, 11) is 0. The van der Waals surface area contributed by atoms with Crippen LogP contribution in [0.3, 0.4) is 0 Å². The standard InChI is InChI=1S/C9H14N2O6/c12-4-1-5(10-3-4)8(15)11-6(9(16)17)2-7(13)14/h4-6,10,12H,1-3H2,(H,11,15)(H,13,14)(H,16,17). The van der Waals surface area contributed by atoms with Crippen molar-refractivity contribution >= 4 is 17.8 Å². The molecule has 5 N–H and O–H groups in total. The van der Waals surface area contributed by atoms with Crippen LogP contribution in [0.25, 0.3) is 0 Å². The first-order valence-electron chi connectivity index (χ1n) is 5.06. The van der Waals surface area contributed by atoms with E-state index in [1.807, 2.05) is 0 Å². The second-order valence-corrected chi connectivity index (χ2v) is 3.85. The van der Waals surface area contributed by atoms with E-state index in [-0.39, 0.29) is 13.0 Å². The van der Waals surface area contributed by atoms with Crippen molar-refractivity contribution in [3.8, 4) is 0 Å². The molecule has 1 saturated heterocycles. The lowest BCUT2D eigenvalue weighted by atomic mass is 10.1. The van der Waals surface area contributed by atoms with Crippen LogP contribution < -0.4 is 10.6 Å². The minimum absolute atomic E-state index is 0.186. The van der Waals surface area contributed by atoms with Gasteiger partial charge >= 0.3 is 11.9 Å². The number of aliphatic hydroxyl groups is 1. The Balaban J connectivity index is 2.52. The predicted octanol–water partition coefficient (Wildman–Crippen LogP) is -2.25. The summed E-state index contributed by atoms with van der Waals surface area (Å²) in [5.41, 5.74) is 0. The van der Waals surface area contributed by atoms with E-state index in [0.29, 0.717) is 0 Å². The molecule has 8 nitrogen and oxygen atoms in total. The molecule has 0 saturated carbocycles. The Morgan fingerprint density at radius 1 is 1.35 bits per heavy atom. The Morgan fingerprint density at radius 2 is 2.00 bits per heavy atom. The molecule has 1 heterocycles. The molecule has 96 valence electrons. The van der Waals surface area contributed by atoms with Gasteiger partial charge in [0.2, 0.25) is 5.91 Å². The Morgan fingerprint density at radius 3 is 2.41 bits per heavy atom. The maximum absolute atomic E-state index is 11.5. The van der Waals surface area contributed by atoms with Gasteiger partial charge in [0.15, 0.2) is 0 Å². The van der Waals surface area contributed by atoms with Crippen LogP contribution in [-0.2, 0) is 14.4 Å². The zero-order chi connectivity index (χ0) is 13.0. The molecule has 3 atom stereocenters. The predicted molar refractivity (Wildman–Crippen MR) is 54.2 cm³/mol. The van der Waals surface area contributed by atoms with Gasteiger partial charge in [0.25, 0.3) is 0 Å². The third-order valence-corrected chi connectivity index (χ3v) is 2.42. The third kappa shape index (κ3) is 4.00. The fourth-order valence-electron chi connectivity index (χ4n) is 1.56. The number of amides is 1. The fraction of sp³-hybridized carbons (Fsp3) is 0.667. The third-order valence-electron chi connectivity index (χ3n) is 2.42. The number of carboxylic acids is 2. The van der Waals surface area contributed by atoms with Crippen LogP contribution in [0.4, 0.5) is 0 Å². The van der Waals surface area contributed by atoms with Gasteiger partial charge in [0, 0.05) is 6.54 Å². The topological polar surface area (TPSA) is 136 Å². The molecule has 0 aromatic carbocycles. The minimum Gasteiger partial charge on any atom is -0.481 e. The van der Waals surface area contributed by atoms with E-state index in [2.05, 4.69) is 10.6 Å². The van der Waals surface area contributed by atoms with Crippen molar-refractivity contribution in [3.63, 3.8) is 0 Å². The van der Waals surface area contributed by atoms with Crippen molar-refractivity contribution in [2.24, 2.45) is 0 Å². The van der Waals surface area contributed by atoms with Crippen LogP contribution in [0.2, 0.25) is 0 Å². The SMILES string of the molecule is O=C(O)CC(NC(=O)C1CC(O)CN1)C(=O)O. The zero-order valence-electron chi connectivity index (χ0n) is 8.92. The average molecular weight is 246 g/mol. The van der Waals surface area contributed by atoms with Gasteiger partial charge in [-0.15, -0.1) is 0 Å². The normalized spacial score (nSPS) is 25.2. The molecule has 0 radical (unpaired) electrons. The molecule has 1 aliphatic rings. The Labute approximate surface area is 96.6 Å². The van der Waals surface area contributed by atoms with E-state index in [9.17, 15) is 19.5 Å². The molecule has 1 aliphatic heterocycles. The Hall–Kier alpha value is -1.67. The summed E-state index contributed by atoms with van der Waals surface area (Å²) < 4.78 is 0. The van der Waals surface area contributed by atoms with Crippen molar-refractivity contribution in [1.29, 1.82) is 0 Å². The molecule has 0 aromatic rings. The molecule has 1 amide bonds. The molecule has 0 bridgehead atoms. The first kappa shape index (κ1) is 13.4. The van der Waals surface area contributed by atoms with E-state index in [4.69, 9.17) is 10.2 Å². The number of carbonyl (C=O) groups is 3. The van der Waals surface area contributed by atoms with Gasteiger partial charge in [-0.2, -0.15) is 0 Å².